The van der Waals surface area contributed by atoms with Crippen LogP contribution in [-0.4, -0.2) is 36.7 Å². The number of carbonyl (C=O) groups is 2. The van der Waals surface area contributed by atoms with Crippen molar-refractivity contribution in [2.45, 2.75) is 18.5 Å². The maximum absolute atomic E-state index is 11.9. The number of ether oxygens (including phenoxy) is 1. The smallest absolute Gasteiger partial charge is 0.330 e. The summed E-state index contributed by atoms with van der Waals surface area (Å²) in [5.74, 6) is -1.76. The molecule has 0 saturated carbocycles. The van der Waals surface area contributed by atoms with Crippen LogP contribution in [0.4, 0.5) is 0 Å². The Bertz CT molecular complexity index is 481. The minimum absolute atomic E-state index is 0.269. The molecule has 0 aliphatic carbocycles. The number of hydrogen-bond acceptors (Lipinski definition) is 4. The molecule has 1 aromatic carbocycles. The van der Waals surface area contributed by atoms with Gasteiger partial charge < -0.3 is 20.9 Å². The number of aliphatic carboxylic acids is 1. The van der Waals surface area contributed by atoms with Crippen molar-refractivity contribution in [3.05, 3.63) is 34.9 Å². The lowest BCUT2D eigenvalue weighted by Crippen LogP contribution is -2.44. The summed E-state index contributed by atoms with van der Waals surface area (Å²) in [6, 6.07) is 4.36. The van der Waals surface area contributed by atoms with E-state index in [9.17, 15) is 14.7 Å². The lowest BCUT2D eigenvalue weighted by atomic mass is 10.1. The molecule has 0 heterocycles. The van der Waals surface area contributed by atoms with Gasteiger partial charge in [0, 0.05) is 24.3 Å². The number of nitrogens with two attached hydrogens (primary N) is 1. The topological polar surface area (TPSA) is 102 Å². The zero-order valence-electron chi connectivity index (χ0n) is 11.0. The largest absolute Gasteiger partial charge is 0.479 e. The van der Waals surface area contributed by atoms with Crippen LogP contribution in [0.5, 0.6) is 0 Å². The highest BCUT2D eigenvalue weighted by Gasteiger charge is 2.26. The quantitative estimate of drug-likeness (QED) is 0.696. The fourth-order valence-electron chi connectivity index (χ4n) is 1.61. The van der Waals surface area contributed by atoms with E-state index in [1.165, 1.54) is 7.11 Å². The van der Waals surface area contributed by atoms with Gasteiger partial charge in [-0.25, -0.2) is 4.79 Å². The number of amides is 1. The Balaban J connectivity index is 2.81. The van der Waals surface area contributed by atoms with Gasteiger partial charge >= 0.3 is 5.97 Å². The van der Waals surface area contributed by atoms with Gasteiger partial charge in [0.15, 0.2) is 6.04 Å². The minimum atomic E-state index is -1.23. The van der Waals surface area contributed by atoms with E-state index in [0.29, 0.717) is 18.6 Å². The second-order valence-electron chi connectivity index (χ2n) is 4.19. The second kappa shape index (κ2) is 7.84. The summed E-state index contributed by atoms with van der Waals surface area (Å²) >= 11 is 5.94. The van der Waals surface area contributed by atoms with Crippen molar-refractivity contribution in [3.8, 4) is 0 Å². The van der Waals surface area contributed by atoms with Crippen molar-refractivity contribution < 1.29 is 19.4 Å². The SMILES string of the molecule is COCCC(N)C(=O)N[C@@H](C(=O)O)c1ccccc1Cl. The van der Waals surface area contributed by atoms with Crippen molar-refractivity contribution in [1.82, 2.24) is 5.32 Å². The third-order valence-corrected chi connectivity index (χ3v) is 3.06. The van der Waals surface area contributed by atoms with E-state index in [1.54, 1.807) is 24.3 Å². The van der Waals surface area contributed by atoms with Crippen LogP contribution in [0.25, 0.3) is 0 Å². The van der Waals surface area contributed by atoms with Gasteiger partial charge in [-0.2, -0.15) is 0 Å². The zero-order chi connectivity index (χ0) is 15.1. The van der Waals surface area contributed by atoms with Crippen molar-refractivity contribution in [2.75, 3.05) is 13.7 Å². The molecule has 0 bridgehead atoms. The second-order valence-corrected chi connectivity index (χ2v) is 4.60. The summed E-state index contributed by atoms with van der Waals surface area (Å²) in [4.78, 5) is 23.1. The summed E-state index contributed by atoms with van der Waals surface area (Å²) in [5, 5.41) is 11.9. The van der Waals surface area contributed by atoms with Gasteiger partial charge in [0.05, 0.1) is 6.04 Å². The first-order valence-corrected chi connectivity index (χ1v) is 6.37. The van der Waals surface area contributed by atoms with Crippen LogP contribution in [0, 0.1) is 0 Å². The zero-order valence-corrected chi connectivity index (χ0v) is 11.8. The molecule has 1 unspecified atom stereocenters. The molecule has 0 aliphatic rings. The van der Waals surface area contributed by atoms with Gasteiger partial charge in [-0.1, -0.05) is 29.8 Å². The molecule has 0 spiro atoms. The molecule has 0 saturated heterocycles. The Labute approximate surface area is 121 Å². The number of halogens is 1. The first-order chi connectivity index (χ1) is 9.47. The van der Waals surface area contributed by atoms with E-state index >= 15 is 0 Å². The molecule has 0 aromatic heterocycles. The highest BCUT2D eigenvalue weighted by atomic mass is 35.5. The Morgan fingerprint density at radius 3 is 2.65 bits per heavy atom. The molecule has 6 nitrogen and oxygen atoms in total. The van der Waals surface area contributed by atoms with E-state index in [-0.39, 0.29) is 5.02 Å². The van der Waals surface area contributed by atoms with Crippen molar-refractivity contribution in [1.29, 1.82) is 0 Å². The highest BCUT2D eigenvalue weighted by Crippen LogP contribution is 2.22. The van der Waals surface area contributed by atoms with Gasteiger partial charge in [-0.05, 0) is 12.5 Å². The summed E-state index contributed by atoms with van der Waals surface area (Å²) in [6.45, 7) is 0.318. The van der Waals surface area contributed by atoms with Gasteiger partial charge in [0.25, 0.3) is 0 Å². The predicted molar refractivity (Wildman–Crippen MR) is 74.4 cm³/mol. The Kier molecular flexibility index (Phi) is 6.44. The summed E-state index contributed by atoms with van der Waals surface area (Å²) < 4.78 is 4.82. The van der Waals surface area contributed by atoms with Crippen molar-refractivity contribution in [2.24, 2.45) is 5.73 Å². The molecule has 4 N–H and O–H groups in total. The number of benzene rings is 1. The molecule has 7 heteroatoms. The lowest BCUT2D eigenvalue weighted by molar-refractivity contribution is -0.142. The van der Waals surface area contributed by atoms with Crippen molar-refractivity contribution >= 4 is 23.5 Å². The average molecular weight is 301 g/mol. The molecule has 20 heavy (non-hydrogen) atoms. The van der Waals surface area contributed by atoms with E-state index in [0.717, 1.165) is 0 Å². The molecular formula is C13H17ClN2O4. The summed E-state index contributed by atoms with van der Waals surface area (Å²) in [6.07, 6.45) is 0.303. The lowest BCUT2D eigenvalue weighted by Gasteiger charge is -2.18. The standard InChI is InChI=1S/C13H17ClN2O4/c1-20-7-6-10(15)12(17)16-11(13(18)19)8-4-2-3-5-9(8)14/h2-5,10-11H,6-7,15H2,1H3,(H,16,17)(H,18,19)/t10?,11-/m1/s1. The van der Waals surface area contributed by atoms with E-state index in [1.807, 2.05) is 0 Å². The molecule has 0 fully saturated rings. The van der Waals surface area contributed by atoms with Crippen LogP contribution in [0.3, 0.4) is 0 Å². The van der Waals surface area contributed by atoms with Crippen LogP contribution < -0.4 is 11.1 Å². The molecule has 0 radical (unpaired) electrons. The first kappa shape index (κ1) is 16.4. The van der Waals surface area contributed by atoms with Crippen LogP contribution in [0.1, 0.15) is 18.0 Å². The number of carboxylic acids is 1. The maximum atomic E-state index is 11.9. The third-order valence-electron chi connectivity index (χ3n) is 2.72. The minimum Gasteiger partial charge on any atom is -0.479 e. The predicted octanol–water partition coefficient (Wildman–Crippen LogP) is 0.946. The molecule has 0 aliphatic heterocycles. The molecule has 110 valence electrons. The van der Waals surface area contributed by atoms with Gasteiger partial charge in [0.1, 0.15) is 0 Å². The maximum Gasteiger partial charge on any atom is 0.330 e. The van der Waals surface area contributed by atoms with Crippen LogP contribution in [0.2, 0.25) is 5.02 Å². The Morgan fingerprint density at radius 2 is 2.10 bits per heavy atom. The highest BCUT2D eigenvalue weighted by molar-refractivity contribution is 6.31. The normalized spacial score (nSPS) is 13.6. The molecule has 1 rings (SSSR count). The van der Waals surface area contributed by atoms with Crippen LogP contribution in [-0.2, 0) is 14.3 Å². The molecular weight excluding hydrogens is 284 g/mol. The summed E-state index contributed by atoms with van der Waals surface area (Å²) in [7, 11) is 1.49. The summed E-state index contributed by atoms with van der Waals surface area (Å²) in [5.41, 5.74) is 5.96. The molecule has 1 aromatic rings. The Hall–Kier alpha value is -1.63. The van der Waals surface area contributed by atoms with Crippen LogP contribution >= 0.6 is 11.6 Å². The number of hydrogen-bond donors (Lipinski definition) is 3. The third kappa shape index (κ3) is 4.48. The van der Waals surface area contributed by atoms with Crippen LogP contribution in [0.15, 0.2) is 24.3 Å². The molecule has 1 amide bonds. The number of carboxylic acid groups (broad SMARTS) is 1. The van der Waals surface area contributed by atoms with Gasteiger partial charge in [0.2, 0.25) is 5.91 Å². The van der Waals surface area contributed by atoms with Gasteiger partial charge in [-0.3, -0.25) is 4.79 Å². The average Bonchev–Trinajstić information content (AvgIpc) is 2.42. The number of rotatable bonds is 7. The fraction of sp³-hybridized carbons (Fsp3) is 0.385. The van der Waals surface area contributed by atoms with E-state index in [2.05, 4.69) is 5.32 Å². The fourth-order valence-corrected chi connectivity index (χ4v) is 1.85. The number of nitrogens with one attached hydrogen (secondary N) is 1. The van der Waals surface area contributed by atoms with Gasteiger partial charge in [-0.15, -0.1) is 0 Å². The number of carbonyl (C=O) groups excluding carboxylic acids is 1. The number of methoxy groups -OCH3 is 1. The van der Waals surface area contributed by atoms with E-state index in [4.69, 9.17) is 22.1 Å². The Morgan fingerprint density at radius 1 is 1.45 bits per heavy atom. The monoisotopic (exact) mass is 300 g/mol. The molecule has 2 atom stereocenters. The van der Waals surface area contributed by atoms with E-state index < -0.39 is 24.0 Å². The van der Waals surface area contributed by atoms with Crippen molar-refractivity contribution in [3.63, 3.8) is 0 Å². The first-order valence-electron chi connectivity index (χ1n) is 5.99.